The van der Waals surface area contributed by atoms with Crippen LogP contribution in [0.5, 0.6) is 0 Å². The van der Waals surface area contributed by atoms with Gasteiger partial charge in [-0.15, -0.1) is 0 Å². The molecule has 0 saturated carbocycles. The van der Waals surface area contributed by atoms with Gasteiger partial charge in [-0.2, -0.15) is 0 Å². The Morgan fingerprint density at radius 2 is 1.88 bits per heavy atom. The molecule has 5 N–H and O–H groups in total. The quantitative estimate of drug-likeness (QED) is 0.192. The maximum absolute atomic E-state index is 11.0. The molecule has 0 aliphatic heterocycles. The Morgan fingerprint density at radius 1 is 1.31 bits per heavy atom. The summed E-state index contributed by atoms with van der Waals surface area (Å²) in [5, 5.41) is 38.5. The largest absolute Gasteiger partial charge is 0.394 e. The van der Waals surface area contributed by atoms with Gasteiger partial charge in [-0.05, 0) is 0 Å². The van der Waals surface area contributed by atoms with Crippen LogP contribution in [0.1, 0.15) is 0 Å². The van der Waals surface area contributed by atoms with Crippen molar-refractivity contribution in [1.29, 1.82) is 0 Å². The molecule has 4 atom stereocenters. The Balaban J connectivity index is 4.45. The van der Waals surface area contributed by atoms with E-state index in [9.17, 15) is 19.8 Å². The van der Waals surface area contributed by atoms with Gasteiger partial charge in [-0.1, -0.05) is 22.6 Å². The van der Waals surface area contributed by atoms with E-state index in [-0.39, 0.29) is 10.7 Å². The highest BCUT2D eigenvalue weighted by Gasteiger charge is 2.31. The second kappa shape index (κ2) is 7.90. The van der Waals surface area contributed by atoms with E-state index >= 15 is 0 Å². The number of carbonyl (C=O) groups is 2. The highest BCUT2D eigenvalue weighted by Crippen LogP contribution is 2.04. The van der Waals surface area contributed by atoms with Crippen LogP contribution in [0.2, 0.25) is 0 Å². The molecule has 0 heterocycles. The molecule has 0 saturated heterocycles. The van der Waals surface area contributed by atoms with Crippen LogP contribution in [0.25, 0.3) is 0 Å². The predicted octanol–water partition coefficient (Wildman–Crippen LogP) is -2.82. The van der Waals surface area contributed by atoms with Crippen LogP contribution in [0.15, 0.2) is 0 Å². The molecule has 0 radical (unpaired) electrons. The molecule has 0 aromatic rings. The van der Waals surface area contributed by atoms with Crippen LogP contribution in [-0.4, -0.2) is 68.0 Å². The zero-order valence-electron chi connectivity index (χ0n) is 8.28. The fourth-order valence-electron chi connectivity index (χ4n) is 0.972. The van der Waals surface area contributed by atoms with Crippen molar-refractivity contribution < 1.29 is 30.0 Å². The third kappa shape index (κ3) is 4.70. The van der Waals surface area contributed by atoms with Crippen LogP contribution in [0, 0.1) is 0 Å². The molecule has 94 valence electrons. The van der Waals surface area contributed by atoms with E-state index in [0.717, 1.165) is 0 Å². The number of hydrogen-bond donors (Lipinski definition) is 5. The smallest absolute Gasteiger partial charge is 0.230 e. The molecule has 0 spiro atoms. The van der Waals surface area contributed by atoms with E-state index in [1.807, 2.05) is 0 Å². The molecule has 0 aliphatic carbocycles. The number of alkyl halides is 1. The summed E-state index contributed by atoms with van der Waals surface area (Å²) in [5.74, 6) is -0.484. The second-order valence-corrected chi connectivity index (χ2v) is 3.86. The van der Waals surface area contributed by atoms with Crippen LogP contribution in [-0.2, 0) is 9.59 Å². The molecular weight excluding hydrogens is 333 g/mol. The van der Waals surface area contributed by atoms with Gasteiger partial charge in [0, 0.05) is 0 Å². The molecule has 7 nitrogen and oxygen atoms in total. The van der Waals surface area contributed by atoms with E-state index in [2.05, 4.69) is 5.32 Å². The molecular formula is C8H14INO6. The highest BCUT2D eigenvalue weighted by molar-refractivity contribution is 14.1. The number of aldehydes is 1. The Kier molecular flexibility index (Phi) is 7.76. The average Bonchev–Trinajstić information content (AvgIpc) is 2.32. The summed E-state index contributed by atoms with van der Waals surface area (Å²) >= 11 is 1.76. The molecule has 0 aromatic carbocycles. The van der Waals surface area contributed by atoms with Gasteiger partial charge in [0.1, 0.15) is 30.6 Å². The minimum Gasteiger partial charge on any atom is -0.394 e. The van der Waals surface area contributed by atoms with Gasteiger partial charge >= 0.3 is 0 Å². The van der Waals surface area contributed by atoms with Gasteiger partial charge in [0.2, 0.25) is 5.91 Å². The molecule has 0 aliphatic rings. The number of aliphatic hydroxyl groups excluding tert-OH is 4. The van der Waals surface area contributed by atoms with Crippen LogP contribution >= 0.6 is 22.6 Å². The number of amides is 1. The summed E-state index contributed by atoms with van der Waals surface area (Å²) in [6, 6.07) is -1.32. The molecule has 0 unspecified atom stereocenters. The lowest BCUT2D eigenvalue weighted by atomic mass is 10.0. The molecule has 8 heteroatoms. The number of rotatable bonds is 7. The first-order chi connectivity index (χ1) is 7.47. The third-order valence-electron chi connectivity index (χ3n) is 1.89. The van der Waals surface area contributed by atoms with Crippen LogP contribution in [0.3, 0.4) is 0 Å². The van der Waals surface area contributed by atoms with Gasteiger partial charge in [0.15, 0.2) is 0 Å². The third-order valence-corrected chi connectivity index (χ3v) is 2.59. The van der Waals surface area contributed by atoms with Gasteiger partial charge in [-0.3, -0.25) is 4.79 Å². The normalized spacial score (nSPS) is 18.3. The van der Waals surface area contributed by atoms with E-state index in [0.29, 0.717) is 0 Å². The van der Waals surface area contributed by atoms with Crippen LogP contribution < -0.4 is 5.32 Å². The number of carbonyl (C=O) groups excluding carboxylic acids is 2. The lowest BCUT2D eigenvalue weighted by Gasteiger charge is -2.25. The van der Waals surface area contributed by atoms with Crippen molar-refractivity contribution in [3.63, 3.8) is 0 Å². The highest BCUT2D eigenvalue weighted by atomic mass is 127. The molecule has 0 aromatic heterocycles. The van der Waals surface area contributed by atoms with Crippen molar-refractivity contribution in [2.24, 2.45) is 0 Å². The van der Waals surface area contributed by atoms with Gasteiger partial charge in [-0.25, -0.2) is 0 Å². The minimum atomic E-state index is -1.71. The van der Waals surface area contributed by atoms with Crippen molar-refractivity contribution in [2.45, 2.75) is 24.4 Å². The van der Waals surface area contributed by atoms with Crippen LogP contribution in [0.4, 0.5) is 0 Å². The van der Waals surface area contributed by atoms with Gasteiger partial charge in [0.05, 0.1) is 11.0 Å². The predicted molar refractivity (Wildman–Crippen MR) is 62.0 cm³/mol. The maximum Gasteiger partial charge on any atom is 0.230 e. The monoisotopic (exact) mass is 347 g/mol. The maximum atomic E-state index is 11.0. The molecule has 16 heavy (non-hydrogen) atoms. The number of hydrogen-bond acceptors (Lipinski definition) is 6. The lowest BCUT2D eigenvalue weighted by Crippen LogP contribution is -2.53. The fraction of sp³-hybridized carbons (Fsp3) is 0.750. The second-order valence-electron chi connectivity index (χ2n) is 3.09. The Bertz CT molecular complexity index is 239. The summed E-state index contributed by atoms with van der Waals surface area (Å²) in [6.07, 6.45) is -4.71. The van der Waals surface area contributed by atoms with E-state index < -0.39 is 36.9 Å². The number of nitrogens with one attached hydrogen (secondary N) is 1. The minimum absolute atomic E-state index is 0.0907. The van der Waals surface area contributed by atoms with E-state index in [4.69, 9.17) is 10.2 Å². The number of halogens is 1. The first-order valence-corrected chi connectivity index (χ1v) is 5.96. The van der Waals surface area contributed by atoms with Crippen molar-refractivity contribution in [3.05, 3.63) is 0 Å². The van der Waals surface area contributed by atoms with Gasteiger partial charge in [0.25, 0.3) is 0 Å². The first kappa shape index (κ1) is 15.7. The standard InChI is InChI=1S/C8H14INO6/c9-1-6(14)10-4(2-11)7(15)8(16)5(13)3-12/h2,4-5,7-8,12-13,15-16H,1,3H2,(H,10,14)/t4-,5-,7-,8-/m1/s1. The van der Waals surface area contributed by atoms with Crippen molar-refractivity contribution in [2.75, 3.05) is 11.0 Å². The molecule has 0 fully saturated rings. The number of aliphatic hydroxyl groups is 4. The Hall–Kier alpha value is -0.290. The van der Waals surface area contributed by atoms with Crippen molar-refractivity contribution >= 4 is 34.8 Å². The van der Waals surface area contributed by atoms with Crippen molar-refractivity contribution in [1.82, 2.24) is 5.32 Å². The molecule has 0 bridgehead atoms. The lowest BCUT2D eigenvalue weighted by molar-refractivity contribution is -0.129. The first-order valence-electron chi connectivity index (χ1n) is 4.43. The zero-order valence-corrected chi connectivity index (χ0v) is 10.4. The molecule has 1 amide bonds. The summed E-state index contributed by atoms with van der Waals surface area (Å²) in [6.45, 7) is -0.760. The topological polar surface area (TPSA) is 127 Å². The summed E-state index contributed by atoms with van der Waals surface area (Å²) in [5.41, 5.74) is 0. The zero-order chi connectivity index (χ0) is 12.7. The van der Waals surface area contributed by atoms with E-state index in [1.54, 1.807) is 22.6 Å². The fourth-order valence-corrected chi connectivity index (χ4v) is 1.19. The van der Waals surface area contributed by atoms with E-state index in [1.165, 1.54) is 0 Å². The Morgan fingerprint density at radius 3 is 2.25 bits per heavy atom. The Labute approximate surface area is 106 Å². The summed E-state index contributed by atoms with van der Waals surface area (Å²) in [4.78, 5) is 21.5. The molecule has 0 rings (SSSR count). The van der Waals surface area contributed by atoms with Gasteiger partial charge < -0.3 is 30.5 Å². The summed E-state index contributed by atoms with van der Waals surface area (Å²) in [7, 11) is 0. The summed E-state index contributed by atoms with van der Waals surface area (Å²) < 4.78 is 0.0907. The van der Waals surface area contributed by atoms with Crippen molar-refractivity contribution in [3.8, 4) is 0 Å². The SMILES string of the molecule is O=C[C@@H](NC(=O)CI)[C@@H](O)[C@H](O)[C@H](O)CO. The average molecular weight is 347 g/mol.